The molecule has 3 atom stereocenters. The first-order valence-electron chi connectivity index (χ1n) is 6.72. The SMILES string of the molecule is CC(=O)N1CC2C(C)C23C1=CC(=O)c1[nH]cc(C)c13. The minimum atomic E-state index is -0.0843. The van der Waals surface area contributed by atoms with Crippen LogP contribution in [0.1, 0.15) is 35.5 Å². The van der Waals surface area contributed by atoms with E-state index in [0.717, 1.165) is 29.1 Å². The van der Waals surface area contributed by atoms with Gasteiger partial charge in [-0.05, 0) is 29.9 Å². The van der Waals surface area contributed by atoms with Crippen molar-refractivity contribution >= 4 is 11.7 Å². The van der Waals surface area contributed by atoms with Crippen molar-refractivity contribution in [1.82, 2.24) is 9.88 Å². The van der Waals surface area contributed by atoms with E-state index in [2.05, 4.69) is 11.9 Å². The normalized spacial score (nSPS) is 34.6. The van der Waals surface area contributed by atoms with E-state index in [1.54, 1.807) is 17.9 Å². The standard InChI is InChI=1S/C15H16N2O2/c1-7-5-16-14-11(19)4-12-15(13(7)14)8(2)10(15)6-17(12)9(3)18/h4-5,8,10,16H,6H2,1-3H3. The number of carbonyl (C=O) groups excluding carboxylic acids is 2. The highest BCUT2D eigenvalue weighted by Crippen LogP contribution is 2.70. The van der Waals surface area contributed by atoms with Gasteiger partial charge in [-0.2, -0.15) is 0 Å². The van der Waals surface area contributed by atoms with Crippen LogP contribution >= 0.6 is 0 Å². The summed E-state index contributed by atoms with van der Waals surface area (Å²) in [5.41, 5.74) is 3.84. The molecule has 0 radical (unpaired) electrons. The highest BCUT2D eigenvalue weighted by atomic mass is 16.2. The second kappa shape index (κ2) is 3.00. The Labute approximate surface area is 111 Å². The largest absolute Gasteiger partial charge is 0.358 e. The average molecular weight is 256 g/mol. The molecular weight excluding hydrogens is 240 g/mol. The number of hydrogen-bond acceptors (Lipinski definition) is 2. The summed E-state index contributed by atoms with van der Waals surface area (Å²) in [5, 5.41) is 0. The average Bonchev–Trinajstić information content (AvgIpc) is 2.70. The Hall–Kier alpha value is -1.84. The lowest BCUT2D eigenvalue weighted by Crippen LogP contribution is -2.33. The maximum absolute atomic E-state index is 12.2. The Kier molecular flexibility index (Phi) is 1.74. The molecule has 1 spiro atoms. The van der Waals surface area contributed by atoms with E-state index in [4.69, 9.17) is 0 Å². The predicted octanol–water partition coefficient (Wildman–Crippen LogP) is 1.77. The van der Waals surface area contributed by atoms with Crippen LogP contribution in [0.3, 0.4) is 0 Å². The summed E-state index contributed by atoms with van der Waals surface area (Å²) in [6.07, 6.45) is 3.58. The number of ketones is 1. The van der Waals surface area contributed by atoms with Crippen molar-refractivity contribution in [1.29, 1.82) is 0 Å². The maximum Gasteiger partial charge on any atom is 0.223 e. The Morgan fingerprint density at radius 3 is 2.95 bits per heavy atom. The summed E-state index contributed by atoms with van der Waals surface area (Å²) in [4.78, 5) is 28.9. The van der Waals surface area contributed by atoms with E-state index in [0.29, 0.717) is 11.8 Å². The fourth-order valence-electron chi connectivity index (χ4n) is 4.38. The van der Waals surface area contributed by atoms with Gasteiger partial charge < -0.3 is 9.88 Å². The zero-order chi connectivity index (χ0) is 13.5. The molecule has 4 nitrogen and oxygen atoms in total. The van der Waals surface area contributed by atoms with E-state index in [-0.39, 0.29) is 17.1 Å². The minimum absolute atomic E-state index is 0.00488. The maximum atomic E-state index is 12.2. The van der Waals surface area contributed by atoms with Crippen LogP contribution in [0.15, 0.2) is 18.0 Å². The number of H-pyrrole nitrogens is 1. The Morgan fingerprint density at radius 2 is 2.26 bits per heavy atom. The molecule has 1 saturated carbocycles. The van der Waals surface area contributed by atoms with Gasteiger partial charge >= 0.3 is 0 Å². The lowest BCUT2D eigenvalue weighted by molar-refractivity contribution is -0.126. The van der Waals surface area contributed by atoms with Crippen molar-refractivity contribution < 1.29 is 9.59 Å². The number of amides is 1. The van der Waals surface area contributed by atoms with Gasteiger partial charge in [-0.1, -0.05) is 6.92 Å². The lowest BCUT2D eigenvalue weighted by atomic mass is 9.82. The second-order valence-electron chi connectivity index (χ2n) is 6.01. The van der Waals surface area contributed by atoms with Crippen LogP contribution in [-0.4, -0.2) is 28.1 Å². The monoisotopic (exact) mass is 256 g/mol. The number of fused-ring (bicyclic) bond motifs is 1. The van der Waals surface area contributed by atoms with E-state index in [1.807, 2.05) is 13.1 Å². The van der Waals surface area contributed by atoms with Crippen molar-refractivity contribution in [3.8, 4) is 0 Å². The number of hydrogen-bond donors (Lipinski definition) is 1. The molecule has 19 heavy (non-hydrogen) atoms. The molecule has 1 aromatic heterocycles. The van der Waals surface area contributed by atoms with Gasteiger partial charge in [-0.25, -0.2) is 0 Å². The fraction of sp³-hybridized carbons (Fsp3) is 0.467. The molecule has 1 aliphatic heterocycles. The summed E-state index contributed by atoms with van der Waals surface area (Å²) >= 11 is 0. The number of nitrogens with one attached hydrogen (secondary N) is 1. The van der Waals surface area contributed by atoms with E-state index >= 15 is 0 Å². The number of rotatable bonds is 0. The van der Waals surface area contributed by atoms with Gasteiger partial charge in [-0.3, -0.25) is 9.59 Å². The molecule has 1 saturated heterocycles. The highest BCUT2D eigenvalue weighted by molar-refractivity contribution is 6.08. The lowest BCUT2D eigenvalue weighted by Gasteiger charge is -2.29. The second-order valence-corrected chi connectivity index (χ2v) is 6.01. The number of aryl methyl sites for hydroxylation is 1. The summed E-state index contributed by atoms with van der Waals surface area (Å²) in [6.45, 7) is 6.59. The van der Waals surface area contributed by atoms with Gasteiger partial charge in [0.05, 0.1) is 5.69 Å². The zero-order valence-corrected chi connectivity index (χ0v) is 11.3. The number of aromatic nitrogens is 1. The first kappa shape index (κ1) is 11.0. The number of nitrogens with zero attached hydrogens (tertiary/aromatic N) is 1. The molecule has 98 valence electrons. The molecule has 2 aliphatic carbocycles. The molecule has 4 rings (SSSR count). The quantitative estimate of drug-likeness (QED) is 0.769. The third-order valence-corrected chi connectivity index (χ3v) is 5.28. The van der Waals surface area contributed by atoms with Crippen LogP contribution in [0, 0.1) is 18.8 Å². The molecule has 3 aliphatic rings. The molecule has 2 heterocycles. The molecule has 4 heteroatoms. The van der Waals surface area contributed by atoms with Gasteiger partial charge in [0.1, 0.15) is 0 Å². The van der Waals surface area contributed by atoms with Crippen LogP contribution < -0.4 is 0 Å². The van der Waals surface area contributed by atoms with Gasteiger partial charge in [0, 0.05) is 36.9 Å². The van der Waals surface area contributed by atoms with Crippen LogP contribution in [0.25, 0.3) is 0 Å². The zero-order valence-electron chi connectivity index (χ0n) is 11.3. The number of aromatic amines is 1. The van der Waals surface area contributed by atoms with Crippen molar-refractivity contribution in [3.05, 3.63) is 34.8 Å². The number of likely N-dealkylation sites (tertiary alicyclic amines) is 1. The Balaban J connectivity index is 1.99. The predicted molar refractivity (Wildman–Crippen MR) is 69.7 cm³/mol. The van der Waals surface area contributed by atoms with E-state index in [1.165, 1.54) is 0 Å². The third-order valence-electron chi connectivity index (χ3n) is 5.28. The molecule has 1 N–H and O–H groups in total. The van der Waals surface area contributed by atoms with Crippen molar-refractivity contribution in [2.24, 2.45) is 11.8 Å². The number of carbonyl (C=O) groups is 2. The summed E-state index contributed by atoms with van der Waals surface area (Å²) in [5.74, 6) is 1.00. The fourth-order valence-corrected chi connectivity index (χ4v) is 4.38. The molecule has 0 aromatic carbocycles. The van der Waals surface area contributed by atoms with Crippen LogP contribution in [0.5, 0.6) is 0 Å². The molecule has 3 unspecified atom stereocenters. The van der Waals surface area contributed by atoms with E-state index < -0.39 is 0 Å². The Bertz CT molecular complexity index is 670. The minimum Gasteiger partial charge on any atom is -0.358 e. The Morgan fingerprint density at radius 1 is 1.53 bits per heavy atom. The van der Waals surface area contributed by atoms with Crippen LogP contribution in [0.2, 0.25) is 0 Å². The van der Waals surface area contributed by atoms with Gasteiger partial charge in [0.15, 0.2) is 0 Å². The number of piperidine rings is 1. The topological polar surface area (TPSA) is 53.2 Å². The van der Waals surface area contributed by atoms with Crippen molar-refractivity contribution in [2.45, 2.75) is 26.2 Å². The molecule has 1 amide bonds. The van der Waals surface area contributed by atoms with Crippen molar-refractivity contribution in [3.63, 3.8) is 0 Å². The van der Waals surface area contributed by atoms with Gasteiger partial charge in [0.25, 0.3) is 0 Å². The summed E-state index contributed by atoms with van der Waals surface area (Å²) in [6, 6.07) is 0. The number of allylic oxidation sites excluding steroid dienone is 2. The first-order valence-corrected chi connectivity index (χ1v) is 6.72. The third kappa shape index (κ3) is 0.992. The smallest absolute Gasteiger partial charge is 0.223 e. The molecule has 1 aromatic rings. The van der Waals surface area contributed by atoms with Gasteiger partial charge in [0.2, 0.25) is 11.7 Å². The molecule has 2 fully saturated rings. The highest BCUT2D eigenvalue weighted by Gasteiger charge is 2.73. The molecule has 0 bridgehead atoms. The summed E-state index contributed by atoms with van der Waals surface area (Å²) < 4.78 is 0. The molecular formula is C15H16N2O2. The van der Waals surface area contributed by atoms with Crippen LogP contribution in [-0.2, 0) is 10.2 Å². The van der Waals surface area contributed by atoms with Gasteiger partial charge in [-0.15, -0.1) is 0 Å². The van der Waals surface area contributed by atoms with E-state index in [9.17, 15) is 9.59 Å². The van der Waals surface area contributed by atoms with Crippen LogP contribution in [0.4, 0.5) is 0 Å². The van der Waals surface area contributed by atoms with Crippen molar-refractivity contribution in [2.75, 3.05) is 6.54 Å². The summed E-state index contributed by atoms with van der Waals surface area (Å²) in [7, 11) is 0. The first-order chi connectivity index (χ1) is 8.99.